The third-order valence-corrected chi connectivity index (χ3v) is 4.68. The zero-order chi connectivity index (χ0) is 20.1. The van der Waals surface area contributed by atoms with Crippen molar-refractivity contribution < 1.29 is 13.9 Å². The molecule has 1 atom stereocenters. The predicted molar refractivity (Wildman–Crippen MR) is 107 cm³/mol. The molecular formula is C20H22ClN3O4. The minimum absolute atomic E-state index is 0.245. The zero-order valence-corrected chi connectivity index (χ0v) is 16.5. The monoisotopic (exact) mass is 403 g/mol. The number of amides is 1. The van der Waals surface area contributed by atoms with Crippen LogP contribution in [0.5, 0.6) is 5.75 Å². The second kappa shape index (κ2) is 8.93. The van der Waals surface area contributed by atoms with Crippen molar-refractivity contribution in [3.05, 3.63) is 57.9 Å². The standard InChI is InChI=1S/C20H22ClN3O4/c1-3-14-9-19(25)28-17-11-18(16(21)10-15(14)17)27-13(2)20(26)23-5-4-7-24-8-6-22-12-24/h6,8-13H,3-5,7H2,1-2H3,(H,23,26)/t13-/m0/s1. The summed E-state index contributed by atoms with van der Waals surface area (Å²) in [5.41, 5.74) is 0.807. The second-order valence-electron chi connectivity index (χ2n) is 6.43. The summed E-state index contributed by atoms with van der Waals surface area (Å²) in [7, 11) is 0. The van der Waals surface area contributed by atoms with E-state index in [4.69, 9.17) is 20.8 Å². The fourth-order valence-corrected chi connectivity index (χ4v) is 3.10. The van der Waals surface area contributed by atoms with E-state index in [1.807, 2.05) is 17.7 Å². The molecule has 2 heterocycles. The van der Waals surface area contributed by atoms with E-state index in [-0.39, 0.29) is 5.91 Å². The third-order valence-electron chi connectivity index (χ3n) is 4.39. The van der Waals surface area contributed by atoms with Crippen LogP contribution in [0.25, 0.3) is 11.0 Å². The predicted octanol–water partition coefficient (Wildman–Crippen LogP) is 3.18. The maximum atomic E-state index is 12.3. The first-order valence-corrected chi connectivity index (χ1v) is 9.52. The van der Waals surface area contributed by atoms with Crippen LogP contribution in [0.1, 0.15) is 25.8 Å². The molecule has 8 heteroatoms. The molecule has 1 N–H and O–H groups in total. The van der Waals surface area contributed by atoms with Gasteiger partial charge in [0.1, 0.15) is 11.3 Å². The number of carbonyl (C=O) groups excluding carboxylic acids is 1. The number of aromatic nitrogens is 2. The number of fused-ring (bicyclic) bond motifs is 1. The SMILES string of the molecule is CCc1cc(=O)oc2cc(O[C@@H](C)C(=O)NCCCn3ccnc3)c(Cl)cc12. The van der Waals surface area contributed by atoms with Crippen molar-refractivity contribution >= 4 is 28.5 Å². The van der Waals surface area contributed by atoms with E-state index in [2.05, 4.69) is 10.3 Å². The van der Waals surface area contributed by atoms with Crippen molar-refractivity contribution in [1.82, 2.24) is 14.9 Å². The van der Waals surface area contributed by atoms with Gasteiger partial charge in [-0.05, 0) is 31.4 Å². The second-order valence-corrected chi connectivity index (χ2v) is 6.84. The number of aryl methyl sites for hydroxylation is 2. The van der Waals surface area contributed by atoms with Gasteiger partial charge in [-0.2, -0.15) is 0 Å². The Balaban J connectivity index is 1.63. The van der Waals surface area contributed by atoms with Crippen molar-refractivity contribution in [2.45, 2.75) is 39.3 Å². The van der Waals surface area contributed by atoms with Crippen LogP contribution < -0.4 is 15.7 Å². The highest BCUT2D eigenvalue weighted by atomic mass is 35.5. The minimum Gasteiger partial charge on any atom is -0.479 e. The van der Waals surface area contributed by atoms with Gasteiger partial charge >= 0.3 is 5.63 Å². The first kappa shape index (κ1) is 19.9. The van der Waals surface area contributed by atoms with Gasteiger partial charge in [0.2, 0.25) is 0 Å². The lowest BCUT2D eigenvalue weighted by Gasteiger charge is -2.16. The largest absolute Gasteiger partial charge is 0.479 e. The van der Waals surface area contributed by atoms with Crippen LogP contribution in [0, 0.1) is 0 Å². The number of halogens is 1. The highest BCUT2D eigenvalue weighted by molar-refractivity contribution is 6.32. The van der Waals surface area contributed by atoms with Crippen LogP contribution in [-0.2, 0) is 17.8 Å². The number of benzene rings is 1. The number of rotatable bonds is 8. The number of imidazole rings is 1. The molecule has 0 bridgehead atoms. The van der Waals surface area contributed by atoms with Gasteiger partial charge in [0, 0.05) is 43.0 Å². The summed E-state index contributed by atoms with van der Waals surface area (Å²) in [4.78, 5) is 28.0. The Morgan fingerprint density at radius 1 is 1.39 bits per heavy atom. The van der Waals surface area contributed by atoms with Crippen LogP contribution >= 0.6 is 11.6 Å². The van der Waals surface area contributed by atoms with E-state index in [0.717, 1.165) is 23.9 Å². The number of carbonyl (C=O) groups is 1. The molecule has 3 aromatic rings. The van der Waals surface area contributed by atoms with E-state index < -0.39 is 11.7 Å². The molecule has 0 saturated heterocycles. The lowest BCUT2D eigenvalue weighted by Crippen LogP contribution is -2.37. The maximum absolute atomic E-state index is 12.3. The molecule has 2 aromatic heterocycles. The molecule has 0 aliphatic heterocycles. The molecule has 0 aliphatic carbocycles. The Hall–Kier alpha value is -2.80. The molecule has 1 amide bonds. The topological polar surface area (TPSA) is 86.4 Å². The zero-order valence-electron chi connectivity index (χ0n) is 15.8. The molecule has 0 saturated carbocycles. The van der Waals surface area contributed by atoms with Crippen LogP contribution in [0.3, 0.4) is 0 Å². The van der Waals surface area contributed by atoms with Crippen molar-refractivity contribution in [3.63, 3.8) is 0 Å². The summed E-state index contributed by atoms with van der Waals surface area (Å²) in [5.74, 6) is 0.0530. The Labute approximate surface area is 167 Å². The molecule has 0 spiro atoms. The number of ether oxygens (including phenoxy) is 1. The lowest BCUT2D eigenvalue weighted by molar-refractivity contribution is -0.127. The number of hydrogen-bond acceptors (Lipinski definition) is 5. The first-order chi connectivity index (χ1) is 13.5. The number of hydrogen-bond donors (Lipinski definition) is 1. The summed E-state index contributed by atoms with van der Waals surface area (Å²) < 4.78 is 12.9. The summed E-state index contributed by atoms with van der Waals surface area (Å²) in [6.07, 6.45) is 6.03. The van der Waals surface area contributed by atoms with E-state index in [1.54, 1.807) is 31.6 Å². The van der Waals surface area contributed by atoms with Gasteiger partial charge < -0.3 is 19.0 Å². The molecule has 3 rings (SSSR count). The number of nitrogens with zero attached hydrogens (tertiary/aromatic N) is 2. The Morgan fingerprint density at radius 3 is 2.93 bits per heavy atom. The van der Waals surface area contributed by atoms with Gasteiger partial charge in [-0.25, -0.2) is 9.78 Å². The van der Waals surface area contributed by atoms with Crippen LogP contribution in [0.4, 0.5) is 0 Å². The smallest absolute Gasteiger partial charge is 0.336 e. The van der Waals surface area contributed by atoms with Crippen molar-refractivity contribution in [2.75, 3.05) is 6.54 Å². The van der Waals surface area contributed by atoms with Crippen LogP contribution in [-0.4, -0.2) is 28.1 Å². The maximum Gasteiger partial charge on any atom is 0.336 e. The van der Waals surface area contributed by atoms with Gasteiger partial charge in [0.05, 0.1) is 11.3 Å². The normalized spacial score (nSPS) is 12.1. The fraction of sp³-hybridized carbons (Fsp3) is 0.350. The third kappa shape index (κ3) is 4.72. The van der Waals surface area contributed by atoms with Crippen LogP contribution in [0.2, 0.25) is 5.02 Å². The van der Waals surface area contributed by atoms with Gasteiger partial charge in [0.15, 0.2) is 6.10 Å². The van der Waals surface area contributed by atoms with Crippen molar-refractivity contribution in [2.24, 2.45) is 0 Å². The summed E-state index contributed by atoms with van der Waals surface area (Å²) in [6, 6.07) is 4.71. The van der Waals surface area contributed by atoms with E-state index in [9.17, 15) is 9.59 Å². The Bertz CT molecular complexity index is 1010. The molecule has 28 heavy (non-hydrogen) atoms. The molecule has 0 unspecified atom stereocenters. The average Bonchev–Trinajstić information content (AvgIpc) is 3.18. The fourth-order valence-electron chi connectivity index (χ4n) is 2.89. The first-order valence-electron chi connectivity index (χ1n) is 9.14. The quantitative estimate of drug-likeness (QED) is 0.461. The molecule has 0 aliphatic rings. The Kier molecular flexibility index (Phi) is 6.36. The molecule has 1 aromatic carbocycles. The van der Waals surface area contributed by atoms with Crippen molar-refractivity contribution in [3.8, 4) is 5.75 Å². The molecule has 0 fully saturated rings. The van der Waals surface area contributed by atoms with Gasteiger partial charge in [-0.15, -0.1) is 0 Å². The highest BCUT2D eigenvalue weighted by Gasteiger charge is 2.17. The summed E-state index contributed by atoms with van der Waals surface area (Å²) in [5, 5.41) is 3.95. The lowest BCUT2D eigenvalue weighted by atomic mass is 10.1. The van der Waals surface area contributed by atoms with E-state index >= 15 is 0 Å². The van der Waals surface area contributed by atoms with Crippen molar-refractivity contribution in [1.29, 1.82) is 0 Å². The van der Waals surface area contributed by atoms with E-state index in [1.165, 1.54) is 6.07 Å². The van der Waals surface area contributed by atoms with Crippen LogP contribution in [0.15, 0.2) is 46.1 Å². The number of nitrogens with one attached hydrogen (secondary N) is 1. The molecule has 0 radical (unpaired) electrons. The molecule has 148 valence electrons. The minimum atomic E-state index is -0.746. The Morgan fingerprint density at radius 2 is 2.21 bits per heavy atom. The van der Waals surface area contributed by atoms with Gasteiger partial charge in [-0.3, -0.25) is 4.79 Å². The van der Waals surface area contributed by atoms with Gasteiger partial charge in [-0.1, -0.05) is 18.5 Å². The molecule has 7 nitrogen and oxygen atoms in total. The summed E-state index contributed by atoms with van der Waals surface area (Å²) >= 11 is 6.32. The summed E-state index contributed by atoms with van der Waals surface area (Å²) in [6.45, 7) is 4.88. The highest BCUT2D eigenvalue weighted by Crippen LogP contribution is 2.32. The molecular weight excluding hydrogens is 382 g/mol. The van der Waals surface area contributed by atoms with Gasteiger partial charge in [0.25, 0.3) is 5.91 Å². The van der Waals surface area contributed by atoms with E-state index in [0.29, 0.717) is 29.3 Å². The average molecular weight is 404 g/mol.